The Bertz CT molecular complexity index is 529. The maximum Gasteiger partial charge on any atom is 0.166 e. The van der Waals surface area contributed by atoms with Crippen molar-refractivity contribution in [1.82, 2.24) is 10.2 Å². The highest BCUT2D eigenvalue weighted by molar-refractivity contribution is 5.68. The van der Waals surface area contributed by atoms with Crippen LogP contribution in [0, 0.1) is 0 Å². The first-order valence-corrected chi connectivity index (χ1v) is 5.31. The van der Waals surface area contributed by atoms with Gasteiger partial charge in [0.1, 0.15) is 12.5 Å². The molecule has 0 saturated heterocycles. The SMILES string of the molecule is COc1cc(-c2cc(N)n[nH]2)cc(CF)c1OC. The molecule has 1 aromatic carbocycles. The van der Waals surface area contributed by atoms with E-state index in [2.05, 4.69) is 10.2 Å². The summed E-state index contributed by atoms with van der Waals surface area (Å²) in [6, 6.07) is 5.09. The third-order valence-corrected chi connectivity index (χ3v) is 2.61. The molecule has 0 saturated carbocycles. The third-order valence-electron chi connectivity index (χ3n) is 2.61. The predicted molar refractivity (Wildman–Crippen MR) is 66.4 cm³/mol. The molecule has 2 aromatic rings. The Balaban J connectivity index is 2.56. The second-order valence-electron chi connectivity index (χ2n) is 3.71. The number of nitrogens with zero attached hydrogens (tertiary/aromatic N) is 1. The number of aromatic nitrogens is 2. The van der Waals surface area contributed by atoms with Crippen molar-refractivity contribution in [3.8, 4) is 22.8 Å². The van der Waals surface area contributed by atoms with E-state index in [-0.39, 0.29) is 0 Å². The standard InChI is InChI=1S/C12H14FN3O2/c1-17-10-4-7(9-5-11(14)16-15-9)3-8(6-13)12(10)18-2/h3-5H,6H2,1-2H3,(H3,14,15,16). The van der Waals surface area contributed by atoms with E-state index in [0.717, 1.165) is 5.56 Å². The van der Waals surface area contributed by atoms with Crippen LogP contribution in [0.3, 0.4) is 0 Å². The molecule has 2 rings (SSSR count). The largest absolute Gasteiger partial charge is 0.493 e. The first kappa shape index (κ1) is 12.2. The molecule has 1 aromatic heterocycles. The number of benzene rings is 1. The minimum absolute atomic E-state index is 0.376. The molecule has 0 amide bonds. The normalized spacial score (nSPS) is 10.4. The summed E-state index contributed by atoms with van der Waals surface area (Å²) in [7, 11) is 2.98. The number of methoxy groups -OCH3 is 2. The van der Waals surface area contributed by atoms with Crippen LogP contribution in [0.5, 0.6) is 11.5 Å². The summed E-state index contributed by atoms with van der Waals surface area (Å²) in [6.07, 6.45) is 0. The van der Waals surface area contributed by atoms with Crippen LogP contribution in [-0.4, -0.2) is 24.4 Å². The van der Waals surface area contributed by atoms with Crippen molar-refractivity contribution >= 4 is 5.82 Å². The Morgan fingerprint density at radius 3 is 2.56 bits per heavy atom. The number of nitrogens with two attached hydrogens (primary N) is 1. The number of hydrogen-bond acceptors (Lipinski definition) is 4. The topological polar surface area (TPSA) is 73.2 Å². The minimum Gasteiger partial charge on any atom is -0.493 e. The molecule has 0 fully saturated rings. The average molecular weight is 251 g/mol. The number of nitrogen functional groups attached to an aromatic ring is 1. The molecule has 96 valence electrons. The third kappa shape index (κ3) is 2.09. The van der Waals surface area contributed by atoms with Crippen molar-refractivity contribution in [2.24, 2.45) is 0 Å². The van der Waals surface area contributed by atoms with Crippen LogP contribution in [0.4, 0.5) is 10.2 Å². The lowest BCUT2D eigenvalue weighted by Crippen LogP contribution is -1.96. The number of aromatic amines is 1. The highest BCUT2D eigenvalue weighted by Crippen LogP contribution is 2.36. The number of alkyl halides is 1. The van der Waals surface area contributed by atoms with Gasteiger partial charge in [-0.25, -0.2) is 4.39 Å². The summed E-state index contributed by atoms with van der Waals surface area (Å²) in [6.45, 7) is -0.642. The molecule has 0 atom stereocenters. The van der Waals surface area contributed by atoms with Crippen LogP contribution in [0.15, 0.2) is 18.2 Å². The van der Waals surface area contributed by atoms with Gasteiger partial charge in [-0.15, -0.1) is 0 Å². The quantitative estimate of drug-likeness (QED) is 0.873. The summed E-state index contributed by atoms with van der Waals surface area (Å²) >= 11 is 0. The number of hydrogen-bond donors (Lipinski definition) is 2. The molecule has 18 heavy (non-hydrogen) atoms. The van der Waals surface area contributed by atoms with Gasteiger partial charge < -0.3 is 15.2 Å². The van der Waals surface area contributed by atoms with Crippen LogP contribution in [0.2, 0.25) is 0 Å². The van der Waals surface area contributed by atoms with Gasteiger partial charge >= 0.3 is 0 Å². The zero-order chi connectivity index (χ0) is 13.1. The van der Waals surface area contributed by atoms with Gasteiger partial charge in [-0.2, -0.15) is 5.10 Å². The van der Waals surface area contributed by atoms with Crippen molar-refractivity contribution in [3.05, 3.63) is 23.8 Å². The Hall–Kier alpha value is -2.24. The van der Waals surface area contributed by atoms with E-state index in [4.69, 9.17) is 15.2 Å². The molecule has 0 bridgehead atoms. The van der Waals surface area contributed by atoms with E-state index in [1.165, 1.54) is 14.2 Å². The molecule has 1 heterocycles. The summed E-state index contributed by atoms with van der Waals surface area (Å²) in [5.41, 5.74) is 7.40. The van der Waals surface area contributed by atoms with Crippen molar-refractivity contribution in [1.29, 1.82) is 0 Å². The lowest BCUT2D eigenvalue weighted by molar-refractivity contribution is 0.345. The molecule has 6 heteroatoms. The van der Waals surface area contributed by atoms with Crippen molar-refractivity contribution in [2.75, 3.05) is 20.0 Å². The van der Waals surface area contributed by atoms with Gasteiger partial charge in [0, 0.05) is 17.2 Å². The Morgan fingerprint density at radius 1 is 1.28 bits per heavy atom. The van der Waals surface area contributed by atoms with Gasteiger partial charge in [-0.1, -0.05) is 0 Å². The van der Waals surface area contributed by atoms with Crippen LogP contribution >= 0.6 is 0 Å². The monoisotopic (exact) mass is 251 g/mol. The van der Waals surface area contributed by atoms with Crippen LogP contribution < -0.4 is 15.2 Å². The van der Waals surface area contributed by atoms with Crippen molar-refractivity contribution < 1.29 is 13.9 Å². The van der Waals surface area contributed by atoms with E-state index in [1.54, 1.807) is 18.2 Å². The number of H-pyrrole nitrogens is 1. The zero-order valence-corrected chi connectivity index (χ0v) is 10.2. The van der Waals surface area contributed by atoms with E-state index >= 15 is 0 Å². The van der Waals surface area contributed by atoms with Gasteiger partial charge in [-0.3, -0.25) is 5.10 Å². The smallest absolute Gasteiger partial charge is 0.166 e. The molecular weight excluding hydrogens is 237 g/mol. The van der Waals surface area contributed by atoms with Crippen molar-refractivity contribution in [3.63, 3.8) is 0 Å². The van der Waals surface area contributed by atoms with Gasteiger partial charge in [0.2, 0.25) is 0 Å². The summed E-state index contributed by atoms with van der Waals surface area (Å²) in [5, 5.41) is 6.60. The molecule has 0 aliphatic carbocycles. The van der Waals surface area contributed by atoms with Crippen LogP contribution in [0.25, 0.3) is 11.3 Å². The van der Waals surface area contributed by atoms with E-state index < -0.39 is 6.67 Å². The molecule has 5 nitrogen and oxygen atoms in total. The fraction of sp³-hybridized carbons (Fsp3) is 0.250. The molecular formula is C12H14FN3O2. The van der Waals surface area contributed by atoms with Gasteiger partial charge in [0.05, 0.1) is 19.9 Å². The van der Waals surface area contributed by atoms with Crippen molar-refractivity contribution in [2.45, 2.75) is 6.67 Å². The Labute approximate surface area is 104 Å². The van der Waals surface area contributed by atoms with E-state index in [1.807, 2.05) is 0 Å². The second kappa shape index (κ2) is 4.95. The first-order chi connectivity index (χ1) is 8.69. The maximum absolute atomic E-state index is 13.0. The fourth-order valence-electron chi connectivity index (χ4n) is 1.78. The molecule has 3 N–H and O–H groups in total. The highest BCUT2D eigenvalue weighted by atomic mass is 19.1. The number of halogens is 1. The van der Waals surface area contributed by atoms with Gasteiger partial charge in [-0.05, 0) is 12.1 Å². The molecule has 0 aliphatic heterocycles. The number of ether oxygens (including phenoxy) is 2. The second-order valence-corrected chi connectivity index (χ2v) is 3.71. The number of nitrogens with one attached hydrogen (secondary N) is 1. The van der Waals surface area contributed by atoms with E-state index in [0.29, 0.717) is 28.6 Å². The Morgan fingerprint density at radius 2 is 2.06 bits per heavy atom. The lowest BCUT2D eigenvalue weighted by Gasteiger charge is -2.12. The van der Waals surface area contributed by atoms with E-state index in [9.17, 15) is 4.39 Å². The van der Waals surface area contributed by atoms with Crippen LogP contribution in [0.1, 0.15) is 5.56 Å². The first-order valence-electron chi connectivity index (χ1n) is 5.31. The molecule has 0 aliphatic rings. The van der Waals surface area contributed by atoms with Crippen LogP contribution in [-0.2, 0) is 6.67 Å². The highest BCUT2D eigenvalue weighted by Gasteiger charge is 2.14. The summed E-state index contributed by atoms with van der Waals surface area (Å²) in [5.74, 6) is 1.24. The average Bonchev–Trinajstić information content (AvgIpc) is 2.83. The molecule has 0 unspecified atom stereocenters. The summed E-state index contributed by atoms with van der Waals surface area (Å²) < 4.78 is 23.3. The minimum atomic E-state index is -0.642. The summed E-state index contributed by atoms with van der Waals surface area (Å²) in [4.78, 5) is 0. The van der Waals surface area contributed by atoms with Gasteiger partial charge in [0.25, 0.3) is 0 Å². The predicted octanol–water partition coefficient (Wildman–Crippen LogP) is 2.15. The van der Waals surface area contributed by atoms with Gasteiger partial charge in [0.15, 0.2) is 11.5 Å². The fourth-order valence-corrected chi connectivity index (χ4v) is 1.78. The molecule has 0 radical (unpaired) electrons. The molecule has 0 spiro atoms. The lowest BCUT2D eigenvalue weighted by atomic mass is 10.1. The number of rotatable bonds is 4. The Kier molecular flexibility index (Phi) is 3.36. The zero-order valence-electron chi connectivity index (χ0n) is 10.2. The number of anilines is 1. The maximum atomic E-state index is 13.0.